The summed E-state index contributed by atoms with van der Waals surface area (Å²) in [7, 11) is -2.74. The van der Waals surface area contributed by atoms with Gasteiger partial charge in [-0.2, -0.15) is 4.31 Å². The molecule has 2 rings (SSSR count). The second-order valence-electron chi connectivity index (χ2n) is 6.59. The Morgan fingerprint density at radius 2 is 1.70 bits per heavy atom. The van der Waals surface area contributed by atoms with Crippen molar-refractivity contribution in [3.05, 3.63) is 30.1 Å². The second-order valence-corrected chi connectivity index (χ2v) is 8.63. The number of hydrogen-bond donors (Lipinski definition) is 0. The van der Waals surface area contributed by atoms with Gasteiger partial charge in [-0.25, -0.2) is 12.8 Å². The first-order chi connectivity index (χ1) is 12.7. The molecule has 0 radical (unpaired) electrons. The normalized spacial score (nSPS) is 16.7. The van der Waals surface area contributed by atoms with Gasteiger partial charge in [-0.1, -0.05) is 12.8 Å². The molecule has 1 amide bonds. The first-order valence-corrected chi connectivity index (χ1v) is 10.4. The Morgan fingerprint density at radius 1 is 1.15 bits per heavy atom. The van der Waals surface area contributed by atoms with E-state index in [1.165, 1.54) is 14.0 Å². The van der Waals surface area contributed by atoms with Crippen LogP contribution in [0.2, 0.25) is 0 Å². The molecule has 0 aliphatic carbocycles. The van der Waals surface area contributed by atoms with Gasteiger partial charge < -0.3 is 9.64 Å². The number of halogens is 1. The largest absolute Gasteiger partial charge is 0.452 e. The van der Waals surface area contributed by atoms with Gasteiger partial charge in [-0.3, -0.25) is 9.59 Å². The van der Waals surface area contributed by atoms with Gasteiger partial charge in [0.25, 0.3) is 5.91 Å². The van der Waals surface area contributed by atoms with Crippen LogP contribution in [0.4, 0.5) is 4.39 Å². The first kappa shape index (κ1) is 21.3. The SMILES string of the molecule is CC(OC(=O)CN(C)S(=O)(=O)c1ccc(F)cc1)C(=O)N1CCCCCC1. The van der Waals surface area contributed by atoms with Gasteiger partial charge in [0.2, 0.25) is 10.0 Å². The molecule has 1 fully saturated rings. The van der Waals surface area contributed by atoms with Crippen molar-refractivity contribution < 1.29 is 27.1 Å². The van der Waals surface area contributed by atoms with Gasteiger partial charge in [-0.05, 0) is 44.0 Å². The maximum absolute atomic E-state index is 13.0. The molecule has 1 heterocycles. The number of nitrogens with zero attached hydrogens (tertiary/aromatic N) is 2. The molecule has 0 spiro atoms. The zero-order valence-electron chi connectivity index (χ0n) is 15.6. The number of amides is 1. The zero-order chi connectivity index (χ0) is 20.0. The average Bonchev–Trinajstić information content (AvgIpc) is 2.90. The maximum atomic E-state index is 13.0. The molecular weight excluding hydrogens is 375 g/mol. The predicted molar refractivity (Wildman–Crippen MR) is 96.8 cm³/mol. The Morgan fingerprint density at radius 3 is 2.26 bits per heavy atom. The summed E-state index contributed by atoms with van der Waals surface area (Å²) in [5.74, 6) is -1.65. The van der Waals surface area contributed by atoms with E-state index >= 15 is 0 Å². The number of likely N-dealkylation sites (N-methyl/N-ethyl adjacent to an activating group) is 1. The van der Waals surface area contributed by atoms with E-state index in [-0.39, 0.29) is 10.8 Å². The van der Waals surface area contributed by atoms with E-state index in [9.17, 15) is 22.4 Å². The van der Waals surface area contributed by atoms with Gasteiger partial charge in [-0.15, -0.1) is 0 Å². The van der Waals surface area contributed by atoms with E-state index in [0.29, 0.717) is 13.1 Å². The standard InChI is InChI=1S/C18H25FN2O5S/c1-14(18(23)21-11-5-3-4-6-12-21)26-17(22)13-20(2)27(24,25)16-9-7-15(19)8-10-16/h7-10,14H,3-6,11-13H2,1-2H3. The van der Waals surface area contributed by atoms with Crippen LogP contribution in [0.15, 0.2) is 29.2 Å². The van der Waals surface area contributed by atoms with Gasteiger partial charge in [0.15, 0.2) is 6.10 Å². The molecule has 1 atom stereocenters. The van der Waals surface area contributed by atoms with E-state index in [4.69, 9.17) is 4.74 Å². The Bertz CT molecular complexity index is 758. The lowest BCUT2D eigenvalue weighted by Gasteiger charge is -2.24. The van der Waals surface area contributed by atoms with Crippen molar-refractivity contribution in [2.75, 3.05) is 26.7 Å². The molecule has 1 aromatic rings. The van der Waals surface area contributed by atoms with E-state index in [1.54, 1.807) is 4.90 Å². The van der Waals surface area contributed by atoms with Crippen LogP contribution in [0.1, 0.15) is 32.6 Å². The highest BCUT2D eigenvalue weighted by molar-refractivity contribution is 7.89. The molecule has 1 aliphatic heterocycles. The third-order valence-corrected chi connectivity index (χ3v) is 6.26. The number of carbonyl (C=O) groups excluding carboxylic acids is 2. The van der Waals surface area contributed by atoms with Gasteiger partial charge in [0.05, 0.1) is 4.90 Å². The summed E-state index contributed by atoms with van der Waals surface area (Å²) in [6.07, 6.45) is 3.02. The zero-order valence-corrected chi connectivity index (χ0v) is 16.4. The number of likely N-dealkylation sites (tertiary alicyclic amines) is 1. The van der Waals surface area contributed by atoms with Crippen LogP contribution in [-0.4, -0.2) is 62.3 Å². The third-order valence-electron chi connectivity index (χ3n) is 4.45. The fourth-order valence-corrected chi connectivity index (χ4v) is 4.00. The molecule has 1 aliphatic rings. The number of benzene rings is 1. The lowest BCUT2D eigenvalue weighted by molar-refractivity contribution is -0.159. The molecule has 1 aromatic carbocycles. The minimum Gasteiger partial charge on any atom is -0.452 e. The molecule has 150 valence electrons. The molecule has 7 nitrogen and oxygen atoms in total. The van der Waals surface area contributed by atoms with Crippen molar-refractivity contribution in [1.29, 1.82) is 0 Å². The van der Waals surface area contributed by atoms with Gasteiger partial charge in [0, 0.05) is 20.1 Å². The fraction of sp³-hybridized carbons (Fsp3) is 0.556. The minimum atomic E-state index is -3.96. The summed E-state index contributed by atoms with van der Waals surface area (Å²) in [4.78, 5) is 26.0. The molecule has 27 heavy (non-hydrogen) atoms. The Kier molecular flexibility index (Phi) is 7.32. The first-order valence-electron chi connectivity index (χ1n) is 8.92. The Hall–Kier alpha value is -2.00. The summed E-state index contributed by atoms with van der Waals surface area (Å²) < 4.78 is 43.7. The number of esters is 1. The number of ether oxygens (including phenoxy) is 1. The van der Waals surface area contributed by atoms with Crippen LogP contribution in [0.3, 0.4) is 0 Å². The Labute approximate surface area is 159 Å². The lowest BCUT2D eigenvalue weighted by atomic mass is 10.2. The summed E-state index contributed by atoms with van der Waals surface area (Å²) in [5, 5.41) is 0. The maximum Gasteiger partial charge on any atom is 0.322 e. The van der Waals surface area contributed by atoms with Crippen molar-refractivity contribution in [3.8, 4) is 0 Å². The van der Waals surface area contributed by atoms with Crippen molar-refractivity contribution in [3.63, 3.8) is 0 Å². The molecule has 1 saturated heterocycles. The van der Waals surface area contributed by atoms with E-state index in [1.807, 2.05) is 0 Å². The summed E-state index contributed by atoms with van der Waals surface area (Å²) in [6.45, 7) is 2.22. The fourth-order valence-electron chi connectivity index (χ4n) is 2.89. The lowest BCUT2D eigenvalue weighted by Crippen LogP contribution is -2.42. The van der Waals surface area contributed by atoms with E-state index in [2.05, 4.69) is 0 Å². The molecule has 1 unspecified atom stereocenters. The van der Waals surface area contributed by atoms with Crippen LogP contribution >= 0.6 is 0 Å². The molecule has 0 aromatic heterocycles. The number of carbonyl (C=O) groups is 2. The minimum absolute atomic E-state index is 0.132. The van der Waals surface area contributed by atoms with Crippen LogP contribution in [-0.2, 0) is 24.3 Å². The number of rotatable bonds is 6. The highest BCUT2D eigenvalue weighted by Crippen LogP contribution is 2.15. The topological polar surface area (TPSA) is 84.0 Å². The van der Waals surface area contributed by atoms with Crippen LogP contribution in [0, 0.1) is 5.82 Å². The highest BCUT2D eigenvalue weighted by atomic mass is 32.2. The quantitative estimate of drug-likeness (QED) is 0.680. The van der Waals surface area contributed by atoms with Crippen molar-refractivity contribution >= 4 is 21.9 Å². The second kappa shape index (κ2) is 9.27. The summed E-state index contributed by atoms with van der Waals surface area (Å²) in [6, 6.07) is 4.30. The van der Waals surface area contributed by atoms with E-state index < -0.39 is 34.5 Å². The molecular formula is C18H25FN2O5S. The van der Waals surface area contributed by atoms with Crippen molar-refractivity contribution in [2.45, 2.75) is 43.6 Å². The molecule has 0 saturated carbocycles. The molecule has 0 bridgehead atoms. The van der Waals surface area contributed by atoms with Crippen LogP contribution < -0.4 is 0 Å². The molecule has 0 N–H and O–H groups in total. The molecule has 9 heteroatoms. The van der Waals surface area contributed by atoms with Crippen molar-refractivity contribution in [1.82, 2.24) is 9.21 Å². The van der Waals surface area contributed by atoms with Crippen LogP contribution in [0.5, 0.6) is 0 Å². The van der Waals surface area contributed by atoms with Gasteiger partial charge >= 0.3 is 5.97 Å². The average molecular weight is 400 g/mol. The third kappa shape index (κ3) is 5.74. The smallest absolute Gasteiger partial charge is 0.322 e. The number of sulfonamides is 1. The summed E-state index contributed by atoms with van der Waals surface area (Å²) in [5.41, 5.74) is 0. The van der Waals surface area contributed by atoms with E-state index in [0.717, 1.165) is 54.3 Å². The number of hydrogen-bond acceptors (Lipinski definition) is 5. The van der Waals surface area contributed by atoms with Crippen molar-refractivity contribution in [2.24, 2.45) is 0 Å². The predicted octanol–water partition coefficient (Wildman–Crippen LogP) is 1.78. The highest BCUT2D eigenvalue weighted by Gasteiger charge is 2.27. The monoisotopic (exact) mass is 400 g/mol. The summed E-state index contributed by atoms with van der Waals surface area (Å²) >= 11 is 0. The Balaban J connectivity index is 1.93. The van der Waals surface area contributed by atoms with Crippen LogP contribution in [0.25, 0.3) is 0 Å². The van der Waals surface area contributed by atoms with Gasteiger partial charge in [0.1, 0.15) is 12.4 Å².